The van der Waals surface area contributed by atoms with Crippen LogP contribution in [0, 0.1) is 0 Å². The van der Waals surface area contributed by atoms with Crippen LogP contribution in [0.2, 0.25) is 4.34 Å². The summed E-state index contributed by atoms with van der Waals surface area (Å²) in [5.74, 6) is 0. The average molecular weight is 234 g/mol. The molecule has 1 aromatic heterocycles. The normalized spacial score (nSPS) is 20.4. The van der Waals surface area contributed by atoms with Gasteiger partial charge < -0.3 is 15.4 Å². The maximum atomic E-state index is 10.7. The van der Waals surface area contributed by atoms with Crippen molar-refractivity contribution in [3.8, 4) is 0 Å². The number of nitrogens with zero attached hydrogens (tertiary/aromatic N) is 1. The molecule has 5 nitrogen and oxygen atoms in total. The van der Waals surface area contributed by atoms with E-state index in [0.717, 1.165) is 5.13 Å². The van der Waals surface area contributed by atoms with Crippen molar-refractivity contribution in [2.45, 2.75) is 6.04 Å². The molecule has 76 valence electrons. The number of carbonyl (C=O) groups excluding carboxylic acids is 1. The third kappa shape index (κ3) is 2.27. The van der Waals surface area contributed by atoms with Gasteiger partial charge in [0.25, 0.3) is 0 Å². The zero-order chi connectivity index (χ0) is 9.97. The number of anilines is 1. The predicted octanol–water partition coefficient (Wildman–Crippen LogP) is 1.32. The van der Waals surface area contributed by atoms with Crippen molar-refractivity contribution < 1.29 is 9.53 Å². The summed E-state index contributed by atoms with van der Waals surface area (Å²) in [5, 5.41) is 6.45. The molecule has 0 radical (unpaired) electrons. The molecular weight excluding hydrogens is 226 g/mol. The molecule has 1 unspecified atom stereocenters. The van der Waals surface area contributed by atoms with Gasteiger partial charge in [-0.25, -0.2) is 9.78 Å². The number of nitrogens with one attached hydrogen (secondary N) is 2. The van der Waals surface area contributed by atoms with Crippen molar-refractivity contribution in [3.63, 3.8) is 0 Å². The lowest BCUT2D eigenvalue weighted by atomic mass is 10.3. The first-order valence-corrected chi connectivity index (χ1v) is 5.22. The Balaban J connectivity index is 1.80. The number of hydrogen-bond acceptors (Lipinski definition) is 5. The summed E-state index contributed by atoms with van der Waals surface area (Å²) in [4.78, 5) is 14.7. The maximum Gasteiger partial charge on any atom is 0.407 e. The van der Waals surface area contributed by atoms with Gasteiger partial charge in [0, 0.05) is 6.54 Å². The second kappa shape index (κ2) is 4.02. The van der Waals surface area contributed by atoms with Crippen molar-refractivity contribution in [1.29, 1.82) is 0 Å². The molecule has 1 aliphatic heterocycles. The van der Waals surface area contributed by atoms with Crippen LogP contribution in [0.5, 0.6) is 0 Å². The highest BCUT2D eigenvalue weighted by molar-refractivity contribution is 7.19. The molecule has 0 aromatic carbocycles. The summed E-state index contributed by atoms with van der Waals surface area (Å²) in [5.41, 5.74) is 0. The fraction of sp³-hybridized carbons (Fsp3) is 0.429. The molecule has 1 amide bonds. The monoisotopic (exact) mass is 233 g/mol. The average Bonchev–Trinajstić information content (AvgIpc) is 2.72. The summed E-state index contributed by atoms with van der Waals surface area (Å²) >= 11 is 7.06. The number of thiazole rings is 1. The van der Waals surface area contributed by atoms with E-state index in [-0.39, 0.29) is 12.1 Å². The Hall–Kier alpha value is -1.01. The number of alkyl carbamates (subject to hydrolysis) is 1. The Bertz CT molecular complexity index is 343. The smallest absolute Gasteiger partial charge is 0.407 e. The first-order chi connectivity index (χ1) is 6.74. The Morgan fingerprint density at radius 3 is 3.29 bits per heavy atom. The highest BCUT2D eigenvalue weighted by atomic mass is 35.5. The number of amides is 1. The minimum absolute atomic E-state index is 0.00479. The van der Waals surface area contributed by atoms with Gasteiger partial charge in [0.2, 0.25) is 0 Å². The van der Waals surface area contributed by atoms with Gasteiger partial charge in [-0.15, -0.1) is 0 Å². The highest BCUT2D eigenvalue weighted by Gasteiger charge is 2.21. The summed E-state index contributed by atoms with van der Waals surface area (Å²) in [7, 11) is 0. The standard InChI is InChI=1S/C7H8ClN3O2S/c8-5-2-10-6(14-5)9-1-4-3-13-7(12)11-4/h2,4H,1,3H2,(H,9,10)(H,11,12). The van der Waals surface area contributed by atoms with Crippen molar-refractivity contribution >= 4 is 34.2 Å². The van der Waals surface area contributed by atoms with E-state index in [0.29, 0.717) is 17.5 Å². The summed E-state index contributed by atoms with van der Waals surface area (Å²) in [6.07, 6.45) is 1.21. The van der Waals surface area contributed by atoms with E-state index < -0.39 is 0 Å². The van der Waals surface area contributed by atoms with Crippen LogP contribution < -0.4 is 10.6 Å². The van der Waals surface area contributed by atoms with E-state index in [1.54, 1.807) is 6.20 Å². The molecule has 0 bridgehead atoms. The van der Waals surface area contributed by atoms with E-state index >= 15 is 0 Å². The number of halogens is 1. The Morgan fingerprint density at radius 1 is 1.86 bits per heavy atom. The number of ether oxygens (including phenoxy) is 1. The van der Waals surface area contributed by atoms with E-state index in [9.17, 15) is 4.79 Å². The van der Waals surface area contributed by atoms with Crippen molar-refractivity contribution in [2.75, 3.05) is 18.5 Å². The fourth-order valence-electron chi connectivity index (χ4n) is 1.08. The molecule has 2 N–H and O–H groups in total. The van der Waals surface area contributed by atoms with E-state index in [2.05, 4.69) is 15.6 Å². The molecule has 1 atom stereocenters. The summed E-state index contributed by atoms with van der Waals surface area (Å²) in [6, 6.07) is 0.00479. The van der Waals surface area contributed by atoms with Crippen LogP contribution in [0.4, 0.5) is 9.93 Å². The maximum absolute atomic E-state index is 10.7. The topological polar surface area (TPSA) is 63.2 Å². The Labute approximate surface area is 89.4 Å². The number of cyclic esters (lactones) is 1. The molecule has 14 heavy (non-hydrogen) atoms. The number of hydrogen-bond donors (Lipinski definition) is 2. The molecule has 0 aliphatic carbocycles. The van der Waals surface area contributed by atoms with Crippen molar-refractivity contribution in [3.05, 3.63) is 10.5 Å². The first-order valence-electron chi connectivity index (χ1n) is 4.02. The molecule has 0 saturated carbocycles. The predicted molar refractivity (Wildman–Crippen MR) is 53.9 cm³/mol. The second-order valence-electron chi connectivity index (χ2n) is 2.79. The largest absolute Gasteiger partial charge is 0.447 e. The second-order valence-corrected chi connectivity index (χ2v) is 4.45. The van der Waals surface area contributed by atoms with Gasteiger partial charge >= 0.3 is 6.09 Å². The van der Waals surface area contributed by atoms with Crippen LogP contribution in [0.3, 0.4) is 0 Å². The minimum atomic E-state index is -0.367. The summed E-state index contributed by atoms with van der Waals surface area (Å²) < 4.78 is 5.36. The molecular formula is C7H8ClN3O2S. The van der Waals surface area contributed by atoms with Crippen LogP contribution in [-0.4, -0.2) is 30.3 Å². The van der Waals surface area contributed by atoms with Crippen LogP contribution in [0.15, 0.2) is 6.20 Å². The van der Waals surface area contributed by atoms with Gasteiger partial charge in [-0.3, -0.25) is 0 Å². The lowest BCUT2D eigenvalue weighted by molar-refractivity contribution is 0.177. The molecule has 2 heterocycles. The van der Waals surface area contributed by atoms with Crippen LogP contribution in [-0.2, 0) is 4.74 Å². The number of rotatable bonds is 3. The molecule has 1 aromatic rings. The quantitative estimate of drug-likeness (QED) is 0.827. The van der Waals surface area contributed by atoms with Gasteiger partial charge in [0.1, 0.15) is 10.9 Å². The summed E-state index contributed by atoms with van der Waals surface area (Å²) in [6.45, 7) is 0.987. The van der Waals surface area contributed by atoms with Gasteiger partial charge in [-0.05, 0) is 0 Å². The molecule has 2 rings (SSSR count). The van der Waals surface area contributed by atoms with Crippen molar-refractivity contribution in [1.82, 2.24) is 10.3 Å². The first kappa shape index (κ1) is 9.54. The highest BCUT2D eigenvalue weighted by Crippen LogP contribution is 2.22. The van der Waals surface area contributed by atoms with E-state index in [1.165, 1.54) is 11.3 Å². The SMILES string of the molecule is O=C1NC(CNc2ncc(Cl)s2)CO1. The molecule has 0 spiro atoms. The molecule has 1 aliphatic rings. The molecule has 1 fully saturated rings. The number of carbonyl (C=O) groups is 1. The molecule has 1 saturated heterocycles. The van der Waals surface area contributed by atoms with Gasteiger partial charge in [-0.2, -0.15) is 0 Å². The van der Waals surface area contributed by atoms with Crippen LogP contribution in [0.1, 0.15) is 0 Å². The zero-order valence-electron chi connectivity index (χ0n) is 7.12. The van der Waals surface area contributed by atoms with Crippen LogP contribution >= 0.6 is 22.9 Å². The van der Waals surface area contributed by atoms with E-state index in [1.807, 2.05) is 0 Å². The lowest BCUT2D eigenvalue weighted by Gasteiger charge is -2.06. The fourth-order valence-corrected chi connectivity index (χ4v) is 1.90. The third-order valence-electron chi connectivity index (χ3n) is 1.71. The van der Waals surface area contributed by atoms with Crippen LogP contribution in [0.25, 0.3) is 0 Å². The van der Waals surface area contributed by atoms with E-state index in [4.69, 9.17) is 16.3 Å². The van der Waals surface area contributed by atoms with Gasteiger partial charge in [0.05, 0.1) is 12.2 Å². The Kier molecular flexibility index (Phi) is 2.74. The molecule has 7 heteroatoms. The third-order valence-corrected chi connectivity index (χ3v) is 2.79. The minimum Gasteiger partial charge on any atom is -0.447 e. The van der Waals surface area contributed by atoms with Gasteiger partial charge in [-0.1, -0.05) is 22.9 Å². The zero-order valence-corrected chi connectivity index (χ0v) is 8.69. The number of aromatic nitrogens is 1. The Morgan fingerprint density at radius 2 is 2.71 bits per heavy atom. The lowest BCUT2D eigenvalue weighted by Crippen LogP contribution is -2.32. The van der Waals surface area contributed by atoms with Crippen molar-refractivity contribution in [2.24, 2.45) is 0 Å². The van der Waals surface area contributed by atoms with Gasteiger partial charge in [0.15, 0.2) is 5.13 Å².